The van der Waals surface area contributed by atoms with Gasteiger partial charge >= 0.3 is 5.97 Å². The van der Waals surface area contributed by atoms with Gasteiger partial charge in [-0.15, -0.1) is 0 Å². The predicted molar refractivity (Wildman–Crippen MR) is 62.1 cm³/mol. The van der Waals surface area contributed by atoms with Gasteiger partial charge in [0.15, 0.2) is 0 Å². The quantitative estimate of drug-likeness (QED) is 0.797. The Morgan fingerprint density at radius 3 is 2.44 bits per heavy atom. The third kappa shape index (κ3) is 2.61. The number of hydrogen-bond donors (Lipinski definition) is 1. The molecular weight excluding hydrogens is 204 g/mol. The molecule has 0 heterocycles. The molecule has 1 aromatic rings. The molecule has 0 fully saturated rings. The van der Waals surface area contributed by atoms with Gasteiger partial charge in [-0.05, 0) is 37.5 Å². The minimum atomic E-state index is -0.813. The van der Waals surface area contributed by atoms with Crippen molar-refractivity contribution in [2.45, 2.75) is 26.9 Å². The zero-order valence-corrected chi connectivity index (χ0v) is 10.2. The smallest absolute Gasteiger partial charge is 0.311 e. The van der Waals surface area contributed by atoms with Gasteiger partial charge in [0.05, 0.1) is 19.1 Å². The van der Waals surface area contributed by atoms with E-state index >= 15 is 0 Å². The third-order valence-electron chi connectivity index (χ3n) is 2.92. The van der Waals surface area contributed by atoms with E-state index in [0.29, 0.717) is 0 Å². The van der Waals surface area contributed by atoms with E-state index in [4.69, 9.17) is 0 Å². The lowest BCUT2D eigenvalue weighted by atomic mass is 9.95. The van der Waals surface area contributed by atoms with Crippen LogP contribution in [0.15, 0.2) is 18.2 Å². The summed E-state index contributed by atoms with van der Waals surface area (Å²) in [5.74, 6) is -0.946. The summed E-state index contributed by atoms with van der Waals surface area (Å²) in [4.78, 5) is 11.3. The zero-order valence-electron chi connectivity index (χ0n) is 10.2. The van der Waals surface area contributed by atoms with Gasteiger partial charge in [0.2, 0.25) is 0 Å². The highest BCUT2D eigenvalue weighted by molar-refractivity contribution is 5.72. The van der Waals surface area contributed by atoms with Crippen LogP contribution in [0.25, 0.3) is 0 Å². The van der Waals surface area contributed by atoms with Crippen molar-refractivity contribution in [2.75, 3.05) is 7.11 Å². The van der Waals surface area contributed by atoms with E-state index in [-0.39, 0.29) is 0 Å². The normalized spacial score (nSPS) is 14.3. The van der Waals surface area contributed by atoms with Gasteiger partial charge in [0.25, 0.3) is 0 Å². The van der Waals surface area contributed by atoms with Crippen molar-refractivity contribution >= 4 is 5.97 Å². The van der Waals surface area contributed by atoms with E-state index in [1.165, 1.54) is 12.7 Å². The van der Waals surface area contributed by atoms with Crippen LogP contribution in [0.5, 0.6) is 0 Å². The summed E-state index contributed by atoms with van der Waals surface area (Å²) in [6.07, 6.45) is -0.813. The van der Waals surface area contributed by atoms with Crippen LogP contribution in [-0.4, -0.2) is 18.2 Å². The lowest BCUT2D eigenvalue weighted by molar-refractivity contribution is -0.148. The Morgan fingerprint density at radius 2 is 1.94 bits per heavy atom. The van der Waals surface area contributed by atoms with Gasteiger partial charge in [0.1, 0.15) is 0 Å². The first-order valence-electron chi connectivity index (χ1n) is 5.30. The van der Waals surface area contributed by atoms with Crippen molar-refractivity contribution in [3.8, 4) is 0 Å². The van der Waals surface area contributed by atoms with Crippen LogP contribution in [0.4, 0.5) is 0 Å². The highest BCUT2D eigenvalue weighted by atomic mass is 16.5. The summed E-state index contributed by atoms with van der Waals surface area (Å²) in [7, 11) is 1.33. The SMILES string of the molecule is COC(=O)C(C)C(O)c1ccc(C)c(C)c1. The average molecular weight is 222 g/mol. The summed E-state index contributed by atoms with van der Waals surface area (Å²) in [6, 6.07) is 5.68. The second-order valence-electron chi connectivity index (χ2n) is 4.10. The minimum absolute atomic E-state index is 0.397. The number of aliphatic hydroxyl groups excluding tert-OH is 1. The number of benzene rings is 1. The molecule has 3 nitrogen and oxygen atoms in total. The van der Waals surface area contributed by atoms with Gasteiger partial charge in [0, 0.05) is 0 Å². The molecule has 0 saturated heterocycles. The lowest BCUT2D eigenvalue weighted by Crippen LogP contribution is -2.20. The van der Waals surface area contributed by atoms with Gasteiger partial charge in [-0.1, -0.05) is 18.2 Å². The lowest BCUT2D eigenvalue weighted by Gasteiger charge is -2.17. The third-order valence-corrected chi connectivity index (χ3v) is 2.92. The molecule has 0 radical (unpaired) electrons. The summed E-state index contributed by atoms with van der Waals surface area (Å²) < 4.78 is 4.61. The fraction of sp³-hybridized carbons (Fsp3) is 0.462. The zero-order chi connectivity index (χ0) is 12.3. The van der Waals surface area contributed by atoms with E-state index in [1.807, 2.05) is 32.0 Å². The van der Waals surface area contributed by atoms with Crippen molar-refractivity contribution < 1.29 is 14.6 Å². The number of aryl methyl sites for hydroxylation is 2. The number of carbonyl (C=O) groups excluding carboxylic acids is 1. The molecule has 2 atom stereocenters. The second kappa shape index (κ2) is 5.12. The Hall–Kier alpha value is -1.35. The number of aliphatic hydroxyl groups is 1. The first kappa shape index (κ1) is 12.7. The van der Waals surface area contributed by atoms with Gasteiger partial charge < -0.3 is 9.84 Å². The molecule has 0 aliphatic heterocycles. The van der Waals surface area contributed by atoms with E-state index < -0.39 is 18.0 Å². The Bertz CT molecular complexity index is 385. The van der Waals surface area contributed by atoms with Crippen molar-refractivity contribution in [3.63, 3.8) is 0 Å². The maximum absolute atomic E-state index is 11.3. The van der Waals surface area contributed by atoms with Crippen LogP contribution in [0, 0.1) is 19.8 Å². The van der Waals surface area contributed by atoms with Crippen molar-refractivity contribution in [1.29, 1.82) is 0 Å². The maximum Gasteiger partial charge on any atom is 0.311 e. The summed E-state index contributed by atoms with van der Waals surface area (Å²) in [5, 5.41) is 10.0. The molecule has 0 aliphatic rings. The molecule has 3 heteroatoms. The van der Waals surface area contributed by atoms with E-state index in [1.54, 1.807) is 6.92 Å². The minimum Gasteiger partial charge on any atom is -0.469 e. The van der Waals surface area contributed by atoms with E-state index in [9.17, 15) is 9.90 Å². The first-order valence-corrected chi connectivity index (χ1v) is 5.30. The topological polar surface area (TPSA) is 46.5 Å². The van der Waals surface area contributed by atoms with Crippen LogP contribution < -0.4 is 0 Å². The fourth-order valence-electron chi connectivity index (χ4n) is 1.55. The molecule has 0 aliphatic carbocycles. The number of ether oxygens (including phenoxy) is 1. The summed E-state index contributed by atoms with van der Waals surface area (Å²) in [5.41, 5.74) is 3.02. The maximum atomic E-state index is 11.3. The molecule has 0 aromatic heterocycles. The molecule has 1 N–H and O–H groups in total. The van der Waals surface area contributed by atoms with Crippen LogP contribution in [0.3, 0.4) is 0 Å². The molecule has 1 rings (SSSR count). The van der Waals surface area contributed by atoms with Crippen LogP contribution in [-0.2, 0) is 9.53 Å². The standard InChI is InChI=1S/C13H18O3/c1-8-5-6-11(7-9(8)2)12(14)10(3)13(15)16-4/h5-7,10,12,14H,1-4H3. The first-order chi connectivity index (χ1) is 7.47. The Labute approximate surface area is 96.1 Å². The monoisotopic (exact) mass is 222 g/mol. The average Bonchev–Trinajstić information content (AvgIpc) is 2.29. The molecular formula is C13H18O3. The molecule has 1 aromatic carbocycles. The number of carbonyl (C=O) groups is 1. The Morgan fingerprint density at radius 1 is 1.31 bits per heavy atom. The van der Waals surface area contributed by atoms with Crippen molar-refractivity contribution in [3.05, 3.63) is 34.9 Å². The van der Waals surface area contributed by atoms with Gasteiger partial charge in [-0.25, -0.2) is 0 Å². The molecule has 2 unspecified atom stereocenters. The Balaban J connectivity index is 2.91. The predicted octanol–water partition coefficient (Wildman–Crippen LogP) is 2.15. The van der Waals surface area contributed by atoms with E-state index in [2.05, 4.69) is 4.74 Å². The number of esters is 1. The van der Waals surface area contributed by atoms with Gasteiger partial charge in [-0.2, -0.15) is 0 Å². The molecule has 0 spiro atoms. The van der Waals surface area contributed by atoms with E-state index in [0.717, 1.165) is 11.1 Å². The fourth-order valence-corrected chi connectivity index (χ4v) is 1.55. The number of methoxy groups -OCH3 is 1. The van der Waals surface area contributed by atoms with Crippen LogP contribution >= 0.6 is 0 Å². The van der Waals surface area contributed by atoms with Gasteiger partial charge in [-0.3, -0.25) is 4.79 Å². The number of hydrogen-bond acceptors (Lipinski definition) is 3. The highest BCUT2D eigenvalue weighted by Gasteiger charge is 2.24. The summed E-state index contributed by atoms with van der Waals surface area (Å²) >= 11 is 0. The molecule has 16 heavy (non-hydrogen) atoms. The molecule has 88 valence electrons. The van der Waals surface area contributed by atoms with Crippen LogP contribution in [0.2, 0.25) is 0 Å². The summed E-state index contributed by atoms with van der Waals surface area (Å²) in [6.45, 7) is 5.65. The van der Waals surface area contributed by atoms with Crippen molar-refractivity contribution in [1.82, 2.24) is 0 Å². The Kier molecular flexibility index (Phi) is 4.07. The second-order valence-corrected chi connectivity index (χ2v) is 4.10. The molecule has 0 amide bonds. The largest absolute Gasteiger partial charge is 0.469 e. The van der Waals surface area contributed by atoms with Crippen LogP contribution in [0.1, 0.15) is 29.7 Å². The molecule has 0 bridgehead atoms. The number of rotatable bonds is 3. The highest BCUT2D eigenvalue weighted by Crippen LogP contribution is 2.24. The molecule has 0 saturated carbocycles. The van der Waals surface area contributed by atoms with Crippen molar-refractivity contribution in [2.24, 2.45) is 5.92 Å².